The quantitative estimate of drug-likeness (QED) is 0.0365. The predicted molar refractivity (Wildman–Crippen MR) is 319 cm³/mol. The molecule has 2 saturated heterocycles. The minimum Gasteiger partial charge on any atom is -0.497 e. The van der Waals surface area contributed by atoms with Crippen molar-refractivity contribution in [2.45, 2.75) is 166 Å². The molecule has 2 aliphatic carbocycles. The zero-order chi connectivity index (χ0) is 55.9. The number of carbonyl (C=O) groups is 3. The van der Waals surface area contributed by atoms with Gasteiger partial charge in [0.15, 0.2) is 10.2 Å². The van der Waals surface area contributed by atoms with Crippen LogP contribution in [0, 0.1) is 17.3 Å². The van der Waals surface area contributed by atoms with E-state index >= 15 is 0 Å². The molecule has 16 nitrogen and oxygen atoms in total. The third-order valence-corrected chi connectivity index (χ3v) is 17.6. The summed E-state index contributed by atoms with van der Waals surface area (Å²) in [4.78, 5) is 59.8. The second kappa shape index (κ2) is 31.4. The summed E-state index contributed by atoms with van der Waals surface area (Å²) in [6, 6.07) is 14.7. The summed E-state index contributed by atoms with van der Waals surface area (Å²) >= 11 is 11.2. The zero-order valence-electron chi connectivity index (χ0n) is 47.6. The molecule has 2 amide bonds. The van der Waals surface area contributed by atoms with Gasteiger partial charge in [-0.2, -0.15) is 0 Å². The zero-order valence-corrected chi connectivity index (χ0v) is 49.2. The van der Waals surface area contributed by atoms with E-state index in [0.29, 0.717) is 73.3 Å². The number of imidazole rings is 2. The van der Waals surface area contributed by atoms with Crippen LogP contribution in [0.2, 0.25) is 0 Å². The number of aromatic amines is 2. The first-order valence-electron chi connectivity index (χ1n) is 29.5. The van der Waals surface area contributed by atoms with Gasteiger partial charge < -0.3 is 55.2 Å². The number of nitrogens with zero attached hydrogens (tertiary/aromatic N) is 4. The second-order valence-corrected chi connectivity index (χ2v) is 23.0. The number of methoxy groups -OCH3 is 2. The number of rotatable bonds is 24. The fourth-order valence-electron chi connectivity index (χ4n) is 12.6. The third-order valence-electron chi connectivity index (χ3n) is 17.1. The number of piperidine rings is 2. The molecule has 432 valence electrons. The SMILES string of the molecule is CCCC(=O)C1(C2CCCCC2)CCN(C(=O)[C@@H](Cc2ccc(OC)cc2)NC(=S)NCCc2c[nH]cn2)CC1.CCCOC1(C2CCCCC2)CCN(C(=O)[C@@H](Cc2ccc(OC)cc2)NC(=S)NCCc2c[nH]cn2)CC1. The van der Waals surface area contributed by atoms with Crippen LogP contribution in [0.1, 0.15) is 146 Å². The van der Waals surface area contributed by atoms with E-state index in [-0.39, 0.29) is 22.8 Å². The number of benzene rings is 2. The highest BCUT2D eigenvalue weighted by atomic mass is 32.1. The van der Waals surface area contributed by atoms with Crippen molar-refractivity contribution in [3.63, 3.8) is 0 Å². The Labute approximate surface area is 480 Å². The molecule has 2 atom stereocenters. The van der Waals surface area contributed by atoms with Gasteiger partial charge >= 0.3 is 0 Å². The lowest BCUT2D eigenvalue weighted by Crippen LogP contribution is -2.57. The molecule has 2 aromatic heterocycles. The predicted octanol–water partition coefficient (Wildman–Crippen LogP) is 9.00. The van der Waals surface area contributed by atoms with Gasteiger partial charge in [-0.15, -0.1) is 0 Å². The van der Waals surface area contributed by atoms with Crippen LogP contribution in [0.3, 0.4) is 0 Å². The molecule has 2 aromatic carbocycles. The number of aromatic nitrogens is 4. The Kier molecular flexibility index (Phi) is 24.3. The molecule has 4 heterocycles. The van der Waals surface area contributed by atoms with Crippen molar-refractivity contribution in [3.05, 3.63) is 96.1 Å². The maximum absolute atomic E-state index is 14.0. The van der Waals surface area contributed by atoms with E-state index in [4.69, 9.17) is 38.6 Å². The Morgan fingerprint density at radius 2 is 1.08 bits per heavy atom. The molecular formula is C61H90N10O6S2. The normalized spacial score (nSPS) is 18.2. The van der Waals surface area contributed by atoms with E-state index in [1.165, 1.54) is 51.4 Å². The van der Waals surface area contributed by atoms with Crippen LogP contribution < -0.4 is 30.7 Å². The number of nitrogens with one attached hydrogen (secondary N) is 6. The highest BCUT2D eigenvalue weighted by Gasteiger charge is 2.48. The monoisotopic (exact) mass is 1120 g/mol. The van der Waals surface area contributed by atoms with Gasteiger partial charge in [0.1, 0.15) is 29.4 Å². The van der Waals surface area contributed by atoms with Crippen LogP contribution in [-0.4, -0.2) is 135 Å². The molecule has 4 aliphatic rings. The summed E-state index contributed by atoms with van der Waals surface area (Å²) in [5.74, 6) is 3.19. The number of carbonyl (C=O) groups excluding carboxylic acids is 3. The van der Waals surface area contributed by atoms with Crippen molar-refractivity contribution < 1.29 is 28.6 Å². The molecule has 6 N–H and O–H groups in total. The molecular weight excluding hydrogens is 1030 g/mol. The highest BCUT2D eigenvalue weighted by Crippen LogP contribution is 2.48. The van der Waals surface area contributed by atoms with E-state index in [2.05, 4.69) is 55.1 Å². The van der Waals surface area contributed by atoms with Gasteiger partial charge in [-0.1, -0.05) is 76.6 Å². The minimum absolute atomic E-state index is 0.0347. The number of hydrogen-bond acceptors (Lipinski definition) is 10. The molecule has 0 unspecified atom stereocenters. The summed E-state index contributed by atoms with van der Waals surface area (Å²) in [6.07, 6.45) is 27.9. The summed E-state index contributed by atoms with van der Waals surface area (Å²) < 4.78 is 17.2. The van der Waals surface area contributed by atoms with Gasteiger partial charge in [0.2, 0.25) is 11.8 Å². The van der Waals surface area contributed by atoms with Gasteiger partial charge in [0.25, 0.3) is 0 Å². The van der Waals surface area contributed by atoms with Crippen molar-refractivity contribution in [1.82, 2.24) is 51.0 Å². The van der Waals surface area contributed by atoms with Crippen LogP contribution in [0.15, 0.2) is 73.6 Å². The number of ether oxygens (including phenoxy) is 3. The largest absolute Gasteiger partial charge is 0.497 e. The Balaban J connectivity index is 0.000000229. The van der Waals surface area contributed by atoms with Gasteiger partial charge in [-0.25, -0.2) is 9.97 Å². The van der Waals surface area contributed by atoms with Crippen LogP contribution >= 0.6 is 24.4 Å². The van der Waals surface area contributed by atoms with E-state index in [0.717, 1.165) is 118 Å². The van der Waals surface area contributed by atoms with E-state index in [1.807, 2.05) is 70.7 Å². The number of likely N-dealkylation sites (tertiary alicyclic amines) is 2. The molecule has 2 aliphatic heterocycles. The van der Waals surface area contributed by atoms with E-state index in [1.54, 1.807) is 26.9 Å². The van der Waals surface area contributed by atoms with E-state index < -0.39 is 12.1 Å². The van der Waals surface area contributed by atoms with Crippen molar-refractivity contribution >= 4 is 52.3 Å². The first-order chi connectivity index (χ1) is 38.5. The Hall–Kier alpha value is -5.59. The molecule has 0 radical (unpaired) electrons. The highest BCUT2D eigenvalue weighted by molar-refractivity contribution is 7.80. The summed E-state index contributed by atoms with van der Waals surface area (Å²) in [5, 5.41) is 14.0. The summed E-state index contributed by atoms with van der Waals surface area (Å²) in [6.45, 7) is 9.00. The Morgan fingerprint density at radius 1 is 0.633 bits per heavy atom. The number of H-pyrrole nitrogens is 2. The number of ketones is 1. The van der Waals surface area contributed by atoms with Crippen molar-refractivity contribution in [2.24, 2.45) is 17.3 Å². The summed E-state index contributed by atoms with van der Waals surface area (Å²) in [7, 11) is 3.30. The molecule has 79 heavy (non-hydrogen) atoms. The number of Topliss-reactive ketones (excluding diaryl/α,β-unsaturated/α-hetero) is 1. The lowest BCUT2D eigenvalue weighted by Gasteiger charge is -2.48. The smallest absolute Gasteiger partial charge is 0.245 e. The molecule has 18 heteroatoms. The van der Waals surface area contributed by atoms with Crippen LogP contribution in [0.4, 0.5) is 0 Å². The molecule has 0 bridgehead atoms. The molecule has 4 fully saturated rings. The van der Waals surface area contributed by atoms with Gasteiger partial charge in [0.05, 0.1) is 43.9 Å². The first-order valence-corrected chi connectivity index (χ1v) is 30.3. The number of thiocarbonyl (C=S) groups is 2. The van der Waals surface area contributed by atoms with E-state index in [9.17, 15) is 14.4 Å². The second-order valence-electron chi connectivity index (χ2n) is 22.2. The maximum atomic E-state index is 14.0. The fraction of sp³-hybridized carbons (Fsp3) is 0.623. The lowest BCUT2D eigenvalue weighted by molar-refractivity contribution is -0.149. The maximum Gasteiger partial charge on any atom is 0.245 e. The Morgan fingerprint density at radius 3 is 1.48 bits per heavy atom. The third kappa shape index (κ3) is 17.7. The van der Waals surface area contributed by atoms with Crippen molar-refractivity contribution in [3.8, 4) is 11.5 Å². The van der Waals surface area contributed by atoms with Crippen LogP contribution in [-0.2, 0) is 44.8 Å². The molecule has 8 rings (SSSR count). The molecule has 2 saturated carbocycles. The van der Waals surface area contributed by atoms with Crippen molar-refractivity contribution in [1.29, 1.82) is 0 Å². The summed E-state index contributed by atoms with van der Waals surface area (Å²) in [5.41, 5.74) is 3.65. The average molecular weight is 1120 g/mol. The number of hydrogen-bond donors (Lipinski definition) is 6. The fourth-order valence-corrected chi connectivity index (χ4v) is 13.1. The lowest BCUT2D eigenvalue weighted by atomic mass is 9.61. The van der Waals surface area contributed by atoms with Gasteiger partial charge in [-0.05, 0) is 136 Å². The van der Waals surface area contributed by atoms with Gasteiger partial charge in [0, 0.05) is 95.8 Å². The van der Waals surface area contributed by atoms with Crippen LogP contribution in [0.5, 0.6) is 11.5 Å². The molecule has 4 aromatic rings. The van der Waals surface area contributed by atoms with Crippen LogP contribution in [0.25, 0.3) is 0 Å². The van der Waals surface area contributed by atoms with Gasteiger partial charge in [-0.3, -0.25) is 14.4 Å². The first kappa shape index (κ1) is 61.0. The standard InChI is InChI=1S/C31H45N5O3S.C30H45N5O3S/c1-3-7-28(37)31(24-8-5-4-6-9-24)15-18-36(19-16-31)29(38)27(20-23-10-12-26(39-2)13-11-23)35-30(40)33-17-14-25-21-32-22-34-25;1-3-19-38-30(24-7-5-4-6-8-24)14-17-35(18-15-30)28(36)27(20-23-9-11-26(37-2)12-10-23)34-29(39)32-16-13-25-21-31-22-33-25/h10-13,21-22,24,27H,3-9,14-20H2,1-2H3,(H,32,34)(H2,33,35,40);9-12,21-22,24,27H,3-8,13-20H2,1-2H3,(H,31,33)(H2,32,34,39)/t2*27-/m11/s1. The minimum atomic E-state index is -0.507. The van der Waals surface area contributed by atoms with Crippen molar-refractivity contribution in [2.75, 3.05) is 60.1 Å². The number of amides is 2. The molecule has 0 spiro atoms. The Bertz CT molecular complexity index is 2450. The topological polar surface area (TPSA) is 191 Å². The average Bonchev–Trinajstić information content (AvgIpc) is 4.35.